The molecule has 7 nitrogen and oxygen atoms in total. The number of hydrogen-bond acceptors (Lipinski definition) is 5. The average molecular weight is 515 g/mol. The van der Waals surface area contributed by atoms with Crippen LogP contribution in [0.1, 0.15) is 110 Å². The Morgan fingerprint density at radius 2 is 1.33 bits per heavy atom. The summed E-state index contributed by atoms with van der Waals surface area (Å²) in [6, 6.07) is -0.573. The number of likely N-dealkylation sites (N-methyl/N-ethyl adjacent to an activating group) is 1. The van der Waals surface area contributed by atoms with Gasteiger partial charge in [0, 0.05) is 12.8 Å². The van der Waals surface area contributed by atoms with Gasteiger partial charge in [0.05, 0.1) is 34.4 Å². The van der Waals surface area contributed by atoms with Crippen molar-refractivity contribution in [1.82, 2.24) is 0 Å². The van der Waals surface area contributed by atoms with Crippen LogP contribution in [0.4, 0.5) is 0 Å². The molecule has 0 aliphatic rings. The van der Waals surface area contributed by atoms with Crippen molar-refractivity contribution in [3.8, 4) is 0 Å². The van der Waals surface area contributed by atoms with E-state index in [1.807, 2.05) is 21.1 Å². The molecule has 0 aliphatic carbocycles. The van der Waals surface area contributed by atoms with Gasteiger partial charge < -0.3 is 24.2 Å². The highest BCUT2D eigenvalue weighted by Crippen LogP contribution is 2.11. The monoisotopic (exact) mass is 514 g/mol. The third kappa shape index (κ3) is 21.8. The van der Waals surface area contributed by atoms with Crippen LogP contribution in [0.5, 0.6) is 0 Å². The second-order valence-electron chi connectivity index (χ2n) is 10.9. The first kappa shape index (κ1) is 34.6. The van der Waals surface area contributed by atoms with E-state index in [0.717, 1.165) is 25.7 Å². The summed E-state index contributed by atoms with van der Waals surface area (Å²) < 4.78 is 10.8. The van der Waals surface area contributed by atoms with E-state index in [1.165, 1.54) is 64.2 Å². The smallest absolute Gasteiger partial charge is 0.362 e. The molecule has 2 N–H and O–H groups in total. The minimum Gasteiger partial charge on any atom is -0.477 e. The van der Waals surface area contributed by atoms with Gasteiger partial charge in [0.25, 0.3) is 0 Å². The van der Waals surface area contributed by atoms with E-state index in [0.29, 0.717) is 17.3 Å². The van der Waals surface area contributed by atoms with Crippen LogP contribution in [0.15, 0.2) is 12.2 Å². The molecule has 0 aromatic heterocycles. The van der Waals surface area contributed by atoms with Gasteiger partial charge in [-0.3, -0.25) is 4.79 Å². The maximum atomic E-state index is 11.8. The standard InChI is InChI=1S/C29H55NO6/c1-5-6-7-8-9-10-11-12-13-14-15-16-17-18-19-20-21-28(32)36-25-26(31)24-35-23-22-27(29(33)34)30(2,3)4/h13-14,26-27,31H,5-12,15-25H2,1-4H3/p+1/b14-13-. The number of carbonyl (C=O) groups excluding carboxylic acids is 1. The Kier molecular flexibility index (Phi) is 21.8. The number of quaternary nitrogens is 1. The molecule has 0 fully saturated rings. The molecule has 0 saturated heterocycles. The molecule has 0 spiro atoms. The fraction of sp³-hybridized carbons (Fsp3) is 0.862. The van der Waals surface area contributed by atoms with E-state index in [-0.39, 0.29) is 25.8 Å². The lowest BCUT2D eigenvalue weighted by molar-refractivity contribution is -0.887. The summed E-state index contributed by atoms with van der Waals surface area (Å²) in [5.74, 6) is -1.16. The van der Waals surface area contributed by atoms with E-state index in [2.05, 4.69) is 19.1 Å². The number of rotatable bonds is 25. The van der Waals surface area contributed by atoms with Crippen LogP contribution in [-0.4, -0.2) is 79.7 Å². The number of aliphatic carboxylic acids is 1. The summed E-state index contributed by atoms with van der Waals surface area (Å²) in [6.07, 6.45) is 21.7. The normalized spacial score (nSPS) is 13.7. The van der Waals surface area contributed by atoms with Crippen molar-refractivity contribution in [2.75, 3.05) is 41.0 Å². The maximum absolute atomic E-state index is 11.8. The van der Waals surface area contributed by atoms with Crippen molar-refractivity contribution >= 4 is 11.9 Å². The van der Waals surface area contributed by atoms with Gasteiger partial charge in [0.1, 0.15) is 12.7 Å². The first-order valence-corrected chi connectivity index (χ1v) is 14.3. The zero-order valence-electron chi connectivity index (χ0n) is 23.7. The molecular formula is C29H56NO6+. The summed E-state index contributed by atoms with van der Waals surface area (Å²) in [5.41, 5.74) is 0. The van der Waals surface area contributed by atoms with Crippen molar-refractivity contribution in [2.24, 2.45) is 0 Å². The van der Waals surface area contributed by atoms with Crippen LogP contribution >= 0.6 is 0 Å². The first-order valence-electron chi connectivity index (χ1n) is 14.3. The van der Waals surface area contributed by atoms with Crippen LogP contribution in [0.2, 0.25) is 0 Å². The number of unbranched alkanes of at least 4 members (excludes halogenated alkanes) is 12. The topological polar surface area (TPSA) is 93.1 Å². The molecule has 0 radical (unpaired) electrons. The first-order chi connectivity index (χ1) is 17.2. The zero-order valence-corrected chi connectivity index (χ0v) is 23.7. The van der Waals surface area contributed by atoms with Gasteiger partial charge >= 0.3 is 11.9 Å². The molecule has 0 rings (SSSR count). The Hall–Kier alpha value is -1.44. The number of nitrogens with zero attached hydrogens (tertiary/aromatic N) is 1. The lowest BCUT2D eigenvalue weighted by atomic mass is 10.1. The average Bonchev–Trinajstić information content (AvgIpc) is 2.81. The number of aliphatic hydroxyl groups excluding tert-OH is 1. The number of esters is 1. The highest BCUT2D eigenvalue weighted by atomic mass is 16.5. The molecule has 0 amide bonds. The van der Waals surface area contributed by atoms with Crippen molar-refractivity contribution in [2.45, 2.75) is 122 Å². The molecule has 0 aliphatic heterocycles. The number of carboxylic acid groups (broad SMARTS) is 1. The van der Waals surface area contributed by atoms with Crippen molar-refractivity contribution < 1.29 is 33.8 Å². The molecule has 2 atom stereocenters. The lowest BCUT2D eigenvalue weighted by Crippen LogP contribution is -2.50. The summed E-state index contributed by atoms with van der Waals surface area (Å²) in [6.45, 7) is 2.41. The largest absolute Gasteiger partial charge is 0.477 e. The predicted octanol–water partition coefficient (Wildman–Crippen LogP) is 5.88. The molecule has 212 valence electrons. The van der Waals surface area contributed by atoms with Crippen molar-refractivity contribution in [3.63, 3.8) is 0 Å². The highest BCUT2D eigenvalue weighted by molar-refractivity contribution is 5.72. The second kappa shape index (κ2) is 22.7. The summed E-state index contributed by atoms with van der Waals surface area (Å²) in [7, 11) is 5.47. The Bertz CT molecular complexity index is 573. The number of ether oxygens (including phenoxy) is 2. The maximum Gasteiger partial charge on any atom is 0.362 e. The van der Waals surface area contributed by atoms with E-state index in [9.17, 15) is 19.8 Å². The quantitative estimate of drug-likeness (QED) is 0.0683. The van der Waals surface area contributed by atoms with Crippen molar-refractivity contribution in [1.29, 1.82) is 0 Å². The second-order valence-corrected chi connectivity index (χ2v) is 10.9. The van der Waals surface area contributed by atoms with Gasteiger partial charge in [0.15, 0.2) is 6.04 Å². The molecule has 0 aromatic rings. The molecule has 0 aromatic carbocycles. The van der Waals surface area contributed by atoms with E-state index >= 15 is 0 Å². The predicted molar refractivity (Wildman–Crippen MR) is 146 cm³/mol. The van der Waals surface area contributed by atoms with Crippen LogP contribution in [-0.2, 0) is 19.1 Å². The molecule has 7 heteroatoms. The van der Waals surface area contributed by atoms with E-state index in [1.54, 1.807) is 0 Å². The summed E-state index contributed by atoms with van der Waals surface area (Å²) in [4.78, 5) is 23.2. The number of allylic oxidation sites excluding steroid dienone is 2. The molecule has 0 heterocycles. The Labute approximate surface area is 220 Å². The van der Waals surface area contributed by atoms with Gasteiger partial charge in [-0.2, -0.15) is 0 Å². The Morgan fingerprint density at radius 1 is 0.806 bits per heavy atom. The Morgan fingerprint density at radius 3 is 1.86 bits per heavy atom. The Balaban J connectivity index is 3.55. The number of carbonyl (C=O) groups is 2. The molecule has 36 heavy (non-hydrogen) atoms. The van der Waals surface area contributed by atoms with Crippen molar-refractivity contribution in [3.05, 3.63) is 12.2 Å². The summed E-state index contributed by atoms with van der Waals surface area (Å²) in [5, 5.41) is 19.2. The third-order valence-corrected chi connectivity index (χ3v) is 6.40. The fourth-order valence-corrected chi connectivity index (χ4v) is 4.08. The van der Waals surface area contributed by atoms with Crippen LogP contribution in [0.3, 0.4) is 0 Å². The number of hydrogen-bond donors (Lipinski definition) is 2. The van der Waals surface area contributed by atoms with E-state index < -0.39 is 18.1 Å². The molecule has 0 bridgehead atoms. The fourth-order valence-electron chi connectivity index (χ4n) is 4.08. The minimum absolute atomic E-state index is 0.0181. The number of aliphatic hydroxyl groups is 1. The van der Waals surface area contributed by atoms with Gasteiger partial charge in [-0.25, -0.2) is 4.79 Å². The van der Waals surface area contributed by atoms with Gasteiger partial charge in [-0.1, -0.05) is 76.9 Å². The summed E-state index contributed by atoms with van der Waals surface area (Å²) >= 11 is 0. The van der Waals surface area contributed by atoms with Gasteiger partial charge in [-0.05, 0) is 32.1 Å². The number of carboxylic acids is 1. The lowest BCUT2D eigenvalue weighted by Gasteiger charge is -2.31. The molecule has 0 saturated carbocycles. The molecule has 2 unspecified atom stereocenters. The molecular weight excluding hydrogens is 458 g/mol. The third-order valence-electron chi connectivity index (χ3n) is 6.40. The van der Waals surface area contributed by atoms with E-state index in [4.69, 9.17) is 9.47 Å². The van der Waals surface area contributed by atoms with Gasteiger partial charge in [0.2, 0.25) is 0 Å². The van der Waals surface area contributed by atoms with Crippen LogP contribution < -0.4 is 0 Å². The highest BCUT2D eigenvalue weighted by Gasteiger charge is 2.30. The van der Waals surface area contributed by atoms with Crippen LogP contribution in [0, 0.1) is 0 Å². The van der Waals surface area contributed by atoms with Gasteiger partial charge in [-0.15, -0.1) is 0 Å². The zero-order chi connectivity index (χ0) is 27.1. The SMILES string of the molecule is CCCCCCCCC/C=C\CCCCCCCC(=O)OCC(O)COCCC(C(=O)O)[N+](C)(C)C. The van der Waals surface area contributed by atoms with Crippen LogP contribution in [0.25, 0.3) is 0 Å². The minimum atomic E-state index is -0.903.